The minimum Gasteiger partial charge on any atom is -0.393 e. The highest BCUT2D eigenvalue weighted by atomic mass is 35.5. The van der Waals surface area contributed by atoms with Crippen molar-refractivity contribution in [3.63, 3.8) is 0 Å². The van der Waals surface area contributed by atoms with Gasteiger partial charge in [-0.1, -0.05) is 41.9 Å². The van der Waals surface area contributed by atoms with Crippen molar-refractivity contribution in [3.8, 4) is 0 Å². The molecule has 35 heavy (non-hydrogen) atoms. The topological polar surface area (TPSA) is 98.2 Å². The first kappa shape index (κ1) is 24.2. The Morgan fingerprint density at radius 3 is 2.37 bits per heavy atom. The number of nitrogens with zero attached hydrogens (tertiary/aromatic N) is 2. The van der Waals surface area contributed by atoms with Crippen LogP contribution in [0.25, 0.3) is 5.57 Å². The lowest BCUT2D eigenvalue weighted by Crippen LogP contribution is -2.48. The van der Waals surface area contributed by atoms with Crippen molar-refractivity contribution in [1.29, 1.82) is 5.41 Å². The molecule has 2 heterocycles. The molecule has 2 amide bonds. The number of likely N-dealkylation sites (tertiary alicyclic amines) is 1. The molecule has 3 aromatic rings. The lowest BCUT2D eigenvalue weighted by Gasteiger charge is -2.39. The molecule has 8 heteroatoms. The lowest BCUT2D eigenvalue weighted by molar-refractivity contribution is 0.0602. The van der Waals surface area contributed by atoms with Crippen LogP contribution in [-0.4, -0.2) is 48.1 Å². The van der Waals surface area contributed by atoms with E-state index in [0.29, 0.717) is 35.1 Å². The quantitative estimate of drug-likeness (QED) is 0.331. The molecule has 1 aliphatic heterocycles. The molecule has 0 aliphatic carbocycles. The minimum absolute atomic E-state index is 0.0652. The molecule has 0 radical (unpaired) electrons. The summed E-state index contributed by atoms with van der Waals surface area (Å²) in [7, 11) is 1.81. The van der Waals surface area contributed by atoms with Crippen molar-refractivity contribution in [2.45, 2.75) is 12.8 Å². The molecule has 1 fully saturated rings. The van der Waals surface area contributed by atoms with Gasteiger partial charge in [0.2, 0.25) is 0 Å². The first-order valence-corrected chi connectivity index (χ1v) is 11.6. The first-order valence-electron chi connectivity index (χ1n) is 11.2. The van der Waals surface area contributed by atoms with Gasteiger partial charge in [-0.25, -0.2) is 4.98 Å². The molecule has 0 saturated carbocycles. The van der Waals surface area contributed by atoms with Crippen LogP contribution < -0.4 is 10.6 Å². The van der Waals surface area contributed by atoms with Crippen LogP contribution >= 0.6 is 11.6 Å². The van der Waals surface area contributed by atoms with Gasteiger partial charge in [-0.3, -0.25) is 9.59 Å². The number of pyridine rings is 1. The Balaban J connectivity index is 1.40. The summed E-state index contributed by atoms with van der Waals surface area (Å²) >= 11 is 5.79. The highest BCUT2D eigenvalue weighted by Crippen LogP contribution is 2.30. The highest BCUT2D eigenvalue weighted by Gasteiger charge is 2.32. The number of nitrogens with one attached hydrogen (secondary N) is 3. The number of amides is 2. The van der Waals surface area contributed by atoms with Crippen LogP contribution in [0.3, 0.4) is 0 Å². The molecule has 1 aliphatic rings. The molecule has 7 nitrogen and oxygen atoms in total. The number of anilines is 1. The molecule has 0 unspecified atom stereocenters. The van der Waals surface area contributed by atoms with Crippen molar-refractivity contribution in [2.24, 2.45) is 0 Å². The van der Waals surface area contributed by atoms with Crippen LogP contribution in [0.2, 0.25) is 5.15 Å². The fourth-order valence-corrected chi connectivity index (χ4v) is 4.06. The van der Waals surface area contributed by atoms with E-state index in [1.54, 1.807) is 37.5 Å². The molecular formula is C27H26ClN5O2. The lowest BCUT2D eigenvalue weighted by atomic mass is 9.89. The largest absolute Gasteiger partial charge is 0.393 e. The second-order valence-corrected chi connectivity index (χ2v) is 8.80. The van der Waals surface area contributed by atoms with Gasteiger partial charge >= 0.3 is 0 Å². The molecule has 3 N–H and O–H groups in total. The summed E-state index contributed by atoms with van der Waals surface area (Å²) in [5.74, 6) is -0.110. The smallest absolute Gasteiger partial charge is 0.257 e. The maximum absolute atomic E-state index is 13.1. The van der Waals surface area contributed by atoms with Crippen molar-refractivity contribution >= 4 is 40.9 Å². The number of aromatic nitrogens is 1. The van der Waals surface area contributed by atoms with Gasteiger partial charge in [0.25, 0.3) is 11.8 Å². The second kappa shape index (κ2) is 10.5. The van der Waals surface area contributed by atoms with Gasteiger partial charge in [0.1, 0.15) is 5.15 Å². The van der Waals surface area contributed by atoms with Gasteiger partial charge in [0.15, 0.2) is 0 Å². The number of carbonyl (C=O) groups is 2. The predicted molar refractivity (Wildman–Crippen MR) is 139 cm³/mol. The summed E-state index contributed by atoms with van der Waals surface area (Å²) in [6.07, 6.45) is 4.52. The number of benzene rings is 2. The van der Waals surface area contributed by atoms with Gasteiger partial charge in [-0.05, 0) is 47.9 Å². The molecule has 0 spiro atoms. The number of hydrogen-bond acceptors (Lipinski definition) is 5. The van der Waals surface area contributed by atoms with E-state index in [4.69, 9.17) is 17.0 Å². The molecule has 0 bridgehead atoms. The van der Waals surface area contributed by atoms with Crippen LogP contribution in [-0.2, 0) is 0 Å². The monoisotopic (exact) mass is 487 g/mol. The van der Waals surface area contributed by atoms with Gasteiger partial charge in [-0.2, -0.15) is 0 Å². The Morgan fingerprint density at radius 2 is 1.74 bits per heavy atom. The second-order valence-electron chi connectivity index (χ2n) is 8.42. The average Bonchev–Trinajstić information content (AvgIpc) is 2.83. The van der Waals surface area contributed by atoms with Crippen molar-refractivity contribution in [2.75, 3.05) is 25.5 Å². The normalized spacial score (nSPS) is 13.7. The fourth-order valence-electron chi connectivity index (χ4n) is 3.94. The predicted octanol–water partition coefficient (Wildman–Crippen LogP) is 4.75. The summed E-state index contributed by atoms with van der Waals surface area (Å²) in [5, 5.41) is 13.7. The zero-order valence-corrected chi connectivity index (χ0v) is 20.3. The maximum atomic E-state index is 13.1. The van der Waals surface area contributed by atoms with Crippen LogP contribution in [0.4, 0.5) is 5.69 Å². The van der Waals surface area contributed by atoms with Crippen LogP contribution in [0.1, 0.15) is 43.3 Å². The number of hydrogen-bond donors (Lipinski definition) is 3. The Kier molecular flexibility index (Phi) is 7.27. The van der Waals surface area contributed by atoms with Gasteiger partial charge in [0, 0.05) is 61.5 Å². The van der Waals surface area contributed by atoms with E-state index in [1.807, 2.05) is 30.0 Å². The average molecular weight is 488 g/mol. The third-order valence-corrected chi connectivity index (χ3v) is 6.29. The van der Waals surface area contributed by atoms with Crippen molar-refractivity contribution < 1.29 is 9.59 Å². The molecular weight excluding hydrogens is 462 g/mol. The molecule has 4 rings (SSSR count). The zero-order chi connectivity index (χ0) is 24.9. The first-order chi connectivity index (χ1) is 16.9. The number of allylic oxidation sites excluding steroid dienone is 1. The Morgan fingerprint density at radius 1 is 1.06 bits per heavy atom. The molecule has 2 aromatic carbocycles. The van der Waals surface area contributed by atoms with E-state index < -0.39 is 0 Å². The number of carbonyl (C=O) groups excluding carboxylic acids is 2. The van der Waals surface area contributed by atoms with E-state index in [-0.39, 0.29) is 17.7 Å². The minimum atomic E-state index is -0.315. The molecule has 0 atom stereocenters. The van der Waals surface area contributed by atoms with Gasteiger partial charge < -0.3 is 20.9 Å². The summed E-state index contributed by atoms with van der Waals surface area (Å²) < 4.78 is 0. The molecule has 1 aromatic heterocycles. The highest BCUT2D eigenvalue weighted by molar-refractivity contribution is 6.29. The Bertz CT molecular complexity index is 1280. The Hall–Kier alpha value is -3.97. The number of aryl methyl sites for hydroxylation is 1. The van der Waals surface area contributed by atoms with E-state index in [1.165, 1.54) is 18.0 Å². The van der Waals surface area contributed by atoms with Crippen molar-refractivity contribution in [3.05, 3.63) is 100.0 Å². The summed E-state index contributed by atoms with van der Waals surface area (Å²) in [5.41, 5.74) is 5.29. The van der Waals surface area contributed by atoms with Crippen LogP contribution in [0, 0.1) is 12.3 Å². The van der Waals surface area contributed by atoms with Crippen LogP contribution in [0.5, 0.6) is 0 Å². The van der Waals surface area contributed by atoms with Gasteiger partial charge in [-0.15, -0.1) is 0 Å². The fraction of sp³-hybridized carbons (Fsp3) is 0.185. The third kappa shape index (κ3) is 5.41. The zero-order valence-electron chi connectivity index (χ0n) is 19.5. The van der Waals surface area contributed by atoms with Crippen LogP contribution in [0.15, 0.2) is 67.0 Å². The van der Waals surface area contributed by atoms with E-state index in [9.17, 15) is 9.59 Å². The number of rotatable bonds is 7. The van der Waals surface area contributed by atoms with Crippen molar-refractivity contribution in [1.82, 2.24) is 15.2 Å². The van der Waals surface area contributed by atoms with E-state index >= 15 is 0 Å². The summed E-state index contributed by atoms with van der Waals surface area (Å²) in [4.78, 5) is 31.4. The van der Waals surface area contributed by atoms with E-state index in [0.717, 1.165) is 16.7 Å². The van der Waals surface area contributed by atoms with Gasteiger partial charge in [0.05, 0.1) is 5.56 Å². The third-order valence-electron chi connectivity index (χ3n) is 6.06. The maximum Gasteiger partial charge on any atom is 0.257 e. The summed E-state index contributed by atoms with van der Waals surface area (Å²) in [6.45, 7) is 3.14. The molecule has 1 saturated heterocycles. The SMILES string of the molecule is CN/C=C(\C=N)c1ccc(C2CN(C(=O)c3ccc(C)c(NC(=O)c4ccc(Cl)nc4)c3)C2)cc1. The summed E-state index contributed by atoms with van der Waals surface area (Å²) in [6, 6.07) is 16.6. The standard InChI is InChI=1S/C27H26ClN5O2/c1-17-3-4-20(11-24(17)32-26(34)21-9-10-25(28)31-14-21)27(35)33-15-23(16-33)19-7-5-18(6-8-19)22(12-29)13-30-2/h3-14,23,29-30H,15-16H2,1-2H3,(H,32,34)/b22-13+,29-12?. The van der Waals surface area contributed by atoms with E-state index in [2.05, 4.69) is 27.8 Å². The molecule has 178 valence electrons. The Labute approximate surface area is 209 Å². The number of halogens is 1.